The number of hydrogen-bond acceptors (Lipinski definition) is 6. The molecule has 0 bridgehead atoms. The summed E-state index contributed by atoms with van der Waals surface area (Å²) in [5, 5.41) is 0. The van der Waals surface area contributed by atoms with Crippen LogP contribution in [0.2, 0.25) is 0 Å². The predicted octanol–water partition coefficient (Wildman–Crippen LogP) is 1.47. The average molecular weight is 409 g/mol. The molecular weight excluding hydrogens is 380 g/mol. The lowest BCUT2D eigenvalue weighted by Crippen LogP contribution is -2.49. The Hall–Kier alpha value is -2.10. The minimum absolute atomic E-state index is 0.147. The van der Waals surface area contributed by atoms with Gasteiger partial charge in [-0.05, 0) is 12.1 Å². The molecule has 0 saturated carbocycles. The number of imidazole rings is 1. The summed E-state index contributed by atoms with van der Waals surface area (Å²) >= 11 is 0. The molecular formula is C19H28N4O4S. The van der Waals surface area contributed by atoms with Gasteiger partial charge in [-0.2, -0.15) is 4.31 Å². The molecule has 9 heteroatoms. The highest BCUT2D eigenvalue weighted by atomic mass is 32.2. The minimum Gasteiger partial charge on any atom is -0.497 e. The number of aromatic nitrogens is 2. The zero-order chi connectivity index (χ0) is 20.1. The Morgan fingerprint density at radius 1 is 1.07 bits per heavy atom. The highest BCUT2D eigenvalue weighted by Crippen LogP contribution is 2.31. The standard InChI is InChI=1S/C19H28N4O4S/c1-4-19-20-7-8-22(19)12-9-21-10-13-23(14-11-21)28(24,25)18-15-16(26-2)5-6-17(18)27-3/h5-8,15H,4,9-14H2,1-3H3. The smallest absolute Gasteiger partial charge is 0.246 e. The quantitative estimate of drug-likeness (QED) is 0.658. The first-order valence-corrected chi connectivity index (χ1v) is 10.9. The summed E-state index contributed by atoms with van der Waals surface area (Å²) in [4.78, 5) is 6.77. The topological polar surface area (TPSA) is 76.9 Å². The molecule has 0 N–H and O–H groups in total. The fourth-order valence-electron chi connectivity index (χ4n) is 3.43. The van der Waals surface area contributed by atoms with Crippen LogP contribution < -0.4 is 9.47 Å². The van der Waals surface area contributed by atoms with Gasteiger partial charge in [0.2, 0.25) is 10.0 Å². The van der Waals surface area contributed by atoms with E-state index < -0.39 is 10.0 Å². The Morgan fingerprint density at radius 3 is 2.46 bits per heavy atom. The van der Waals surface area contributed by atoms with E-state index in [2.05, 4.69) is 21.4 Å². The largest absolute Gasteiger partial charge is 0.497 e. The monoisotopic (exact) mass is 408 g/mol. The van der Waals surface area contributed by atoms with Crippen molar-refractivity contribution in [3.63, 3.8) is 0 Å². The van der Waals surface area contributed by atoms with Crippen molar-refractivity contribution in [2.24, 2.45) is 0 Å². The van der Waals surface area contributed by atoms with Gasteiger partial charge in [-0.1, -0.05) is 6.92 Å². The maximum atomic E-state index is 13.1. The first-order chi connectivity index (χ1) is 13.5. The molecule has 0 radical (unpaired) electrons. The van der Waals surface area contributed by atoms with Crippen LogP contribution in [-0.4, -0.2) is 74.1 Å². The molecule has 3 rings (SSSR count). The zero-order valence-corrected chi connectivity index (χ0v) is 17.5. The third-order valence-electron chi connectivity index (χ3n) is 5.09. The molecule has 28 heavy (non-hydrogen) atoms. The van der Waals surface area contributed by atoms with Crippen LogP contribution in [0.3, 0.4) is 0 Å². The normalized spacial score (nSPS) is 16.2. The number of piperazine rings is 1. The third kappa shape index (κ3) is 4.31. The molecule has 8 nitrogen and oxygen atoms in total. The highest BCUT2D eigenvalue weighted by Gasteiger charge is 2.31. The van der Waals surface area contributed by atoms with Gasteiger partial charge in [-0.15, -0.1) is 0 Å². The van der Waals surface area contributed by atoms with Crippen LogP contribution in [0.4, 0.5) is 0 Å². The Bertz CT molecular complexity index is 889. The van der Waals surface area contributed by atoms with Gasteiger partial charge in [-0.25, -0.2) is 13.4 Å². The lowest BCUT2D eigenvalue weighted by atomic mass is 10.3. The van der Waals surface area contributed by atoms with E-state index in [1.54, 1.807) is 12.1 Å². The van der Waals surface area contributed by atoms with Gasteiger partial charge >= 0.3 is 0 Å². The summed E-state index contributed by atoms with van der Waals surface area (Å²) in [7, 11) is -0.656. The number of nitrogens with zero attached hydrogens (tertiary/aromatic N) is 4. The van der Waals surface area contributed by atoms with Crippen molar-refractivity contribution in [1.29, 1.82) is 0 Å². The Morgan fingerprint density at radius 2 is 1.82 bits per heavy atom. The van der Waals surface area contributed by atoms with Gasteiger partial charge in [0.1, 0.15) is 22.2 Å². The highest BCUT2D eigenvalue weighted by molar-refractivity contribution is 7.89. The van der Waals surface area contributed by atoms with Crippen LogP contribution in [0, 0.1) is 0 Å². The fourth-order valence-corrected chi connectivity index (χ4v) is 5.02. The second-order valence-corrected chi connectivity index (χ2v) is 8.56. The van der Waals surface area contributed by atoms with E-state index >= 15 is 0 Å². The number of sulfonamides is 1. The molecule has 0 unspecified atom stereocenters. The van der Waals surface area contributed by atoms with E-state index in [9.17, 15) is 8.42 Å². The Kier molecular flexibility index (Phi) is 6.58. The van der Waals surface area contributed by atoms with Crippen LogP contribution in [0.25, 0.3) is 0 Å². The maximum absolute atomic E-state index is 13.1. The summed E-state index contributed by atoms with van der Waals surface area (Å²) in [6.07, 6.45) is 4.72. The average Bonchev–Trinajstić information content (AvgIpc) is 3.19. The first kappa shape index (κ1) is 20.6. The van der Waals surface area contributed by atoms with Crippen LogP contribution in [0.5, 0.6) is 11.5 Å². The Balaban J connectivity index is 1.64. The lowest BCUT2D eigenvalue weighted by molar-refractivity contribution is 0.182. The van der Waals surface area contributed by atoms with Gasteiger partial charge in [-0.3, -0.25) is 4.90 Å². The van der Waals surface area contributed by atoms with Crippen molar-refractivity contribution in [2.75, 3.05) is 46.9 Å². The second-order valence-electron chi connectivity index (χ2n) is 6.65. The summed E-state index contributed by atoms with van der Waals surface area (Å²) in [5.74, 6) is 1.90. The predicted molar refractivity (Wildman–Crippen MR) is 106 cm³/mol. The summed E-state index contributed by atoms with van der Waals surface area (Å²) < 4.78 is 40.4. The van der Waals surface area contributed by atoms with Crippen molar-refractivity contribution in [2.45, 2.75) is 24.8 Å². The van der Waals surface area contributed by atoms with E-state index in [0.29, 0.717) is 37.7 Å². The number of rotatable bonds is 8. The van der Waals surface area contributed by atoms with Gasteiger partial charge in [0.25, 0.3) is 0 Å². The van der Waals surface area contributed by atoms with Gasteiger partial charge < -0.3 is 14.0 Å². The van der Waals surface area contributed by atoms with E-state index in [0.717, 1.165) is 25.3 Å². The van der Waals surface area contributed by atoms with Crippen LogP contribution in [-0.2, 0) is 23.0 Å². The van der Waals surface area contributed by atoms with E-state index in [1.165, 1.54) is 24.6 Å². The van der Waals surface area contributed by atoms with Crippen molar-refractivity contribution < 1.29 is 17.9 Å². The van der Waals surface area contributed by atoms with E-state index in [-0.39, 0.29) is 4.90 Å². The molecule has 0 atom stereocenters. The van der Waals surface area contributed by atoms with Crippen LogP contribution >= 0.6 is 0 Å². The van der Waals surface area contributed by atoms with Crippen molar-refractivity contribution in [1.82, 2.24) is 18.8 Å². The van der Waals surface area contributed by atoms with Gasteiger partial charge in [0, 0.05) is 64.1 Å². The van der Waals surface area contributed by atoms with Gasteiger partial charge in [0.15, 0.2) is 0 Å². The molecule has 0 aliphatic carbocycles. The first-order valence-electron chi connectivity index (χ1n) is 9.44. The summed E-state index contributed by atoms with van der Waals surface area (Å²) in [6.45, 7) is 6.12. The van der Waals surface area contributed by atoms with Gasteiger partial charge in [0.05, 0.1) is 14.2 Å². The number of aryl methyl sites for hydroxylation is 1. The molecule has 154 valence electrons. The van der Waals surface area contributed by atoms with Crippen molar-refractivity contribution >= 4 is 10.0 Å². The molecule has 1 aliphatic rings. The van der Waals surface area contributed by atoms with Crippen LogP contribution in [0.15, 0.2) is 35.5 Å². The Labute approximate surface area is 166 Å². The number of benzene rings is 1. The number of ether oxygens (including phenoxy) is 2. The van der Waals surface area contributed by atoms with Crippen molar-refractivity contribution in [3.8, 4) is 11.5 Å². The number of hydrogen-bond donors (Lipinski definition) is 0. The minimum atomic E-state index is -3.64. The SMILES string of the molecule is CCc1nccn1CCN1CCN(S(=O)(=O)c2cc(OC)ccc2OC)CC1. The second kappa shape index (κ2) is 8.93. The summed E-state index contributed by atoms with van der Waals surface area (Å²) in [6, 6.07) is 4.83. The summed E-state index contributed by atoms with van der Waals surface area (Å²) in [5.41, 5.74) is 0. The molecule has 1 aromatic carbocycles. The molecule has 1 aromatic heterocycles. The zero-order valence-electron chi connectivity index (χ0n) is 16.7. The van der Waals surface area contributed by atoms with Crippen molar-refractivity contribution in [3.05, 3.63) is 36.4 Å². The molecule has 0 spiro atoms. The van der Waals surface area contributed by atoms with E-state index in [4.69, 9.17) is 9.47 Å². The number of methoxy groups -OCH3 is 2. The molecule has 2 aromatic rings. The molecule has 1 saturated heterocycles. The fraction of sp³-hybridized carbons (Fsp3) is 0.526. The van der Waals surface area contributed by atoms with Crippen LogP contribution in [0.1, 0.15) is 12.7 Å². The van der Waals surface area contributed by atoms with E-state index in [1.807, 2.05) is 12.4 Å². The third-order valence-corrected chi connectivity index (χ3v) is 7.01. The molecule has 2 heterocycles. The molecule has 1 fully saturated rings. The molecule has 0 amide bonds. The lowest BCUT2D eigenvalue weighted by Gasteiger charge is -2.34. The maximum Gasteiger partial charge on any atom is 0.246 e. The molecule has 1 aliphatic heterocycles.